The highest BCUT2D eigenvalue weighted by atomic mass is 19.4. The van der Waals surface area contributed by atoms with Crippen LogP contribution >= 0.6 is 0 Å². The molecule has 9 nitrogen and oxygen atoms in total. The number of carbonyl (C=O) groups excluding carboxylic acids is 2. The number of nitrogens with zero attached hydrogens (tertiary/aromatic N) is 1. The number of methoxy groups -OCH3 is 1. The molecule has 0 aliphatic rings. The van der Waals surface area contributed by atoms with Gasteiger partial charge in [-0.25, -0.2) is 4.79 Å². The molecule has 0 atom stereocenters. The number of ether oxygens (including phenoxy) is 2. The van der Waals surface area contributed by atoms with Gasteiger partial charge in [0.2, 0.25) is 0 Å². The summed E-state index contributed by atoms with van der Waals surface area (Å²) < 4.78 is 47.6. The second-order valence-electron chi connectivity index (χ2n) is 5.47. The largest absolute Gasteiger partial charge is 0.504 e. The number of aromatic hydroxyl groups is 1. The summed E-state index contributed by atoms with van der Waals surface area (Å²) in [7, 11) is 1.26. The minimum atomic E-state index is -4.80. The van der Waals surface area contributed by atoms with Crippen LogP contribution in [-0.2, 0) is 15.7 Å². The fourth-order valence-electron chi connectivity index (χ4n) is 2.21. The Labute approximate surface area is 160 Å². The summed E-state index contributed by atoms with van der Waals surface area (Å²) in [6.45, 7) is -0.909. The summed E-state index contributed by atoms with van der Waals surface area (Å²) in [5.41, 5.74) is -3.04. The van der Waals surface area contributed by atoms with Gasteiger partial charge in [-0.2, -0.15) is 13.2 Å². The van der Waals surface area contributed by atoms with E-state index in [4.69, 9.17) is 9.47 Å². The molecule has 29 heavy (non-hydrogen) atoms. The average molecular weight is 414 g/mol. The Morgan fingerprint density at radius 3 is 2.52 bits per heavy atom. The zero-order valence-corrected chi connectivity index (χ0v) is 14.6. The van der Waals surface area contributed by atoms with Crippen molar-refractivity contribution in [2.24, 2.45) is 0 Å². The van der Waals surface area contributed by atoms with Crippen molar-refractivity contribution in [1.82, 2.24) is 0 Å². The van der Waals surface area contributed by atoms with Gasteiger partial charge < -0.3 is 19.9 Å². The zero-order valence-electron chi connectivity index (χ0n) is 14.6. The standard InChI is InChI=1S/C17H13F3N2O7/c1-28-13-4-2-3-10(15(13)24)16(25)29-8-14(23)21-11-6-5-9(17(18,19)20)7-12(11)22(26)27/h2-7,24H,8H2,1H3,(H,21,23). The average Bonchev–Trinajstić information content (AvgIpc) is 2.65. The van der Waals surface area contributed by atoms with Crippen LogP contribution in [0.3, 0.4) is 0 Å². The molecule has 2 rings (SSSR count). The Balaban J connectivity index is 2.10. The van der Waals surface area contributed by atoms with Crippen molar-refractivity contribution in [3.63, 3.8) is 0 Å². The number of alkyl halides is 3. The maximum absolute atomic E-state index is 12.7. The first-order valence-electron chi connectivity index (χ1n) is 7.73. The van der Waals surface area contributed by atoms with Crippen molar-refractivity contribution >= 4 is 23.3 Å². The van der Waals surface area contributed by atoms with Gasteiger partial charge in [-0.3, -0.25) is 14.9 Å². The molecule has 12 heteroatoms. The van der Waals surface area contributed by atoms with Crippen molar-refractivity contribution in [2.75, 3.05) is 19.0 Å². The lowest BCUT2D eigenvalue weighted by molar-refractivity contribution is -0.384. The summed E-state index contributed by atoms with van der Waals surface area (Å²) in [4.78, 5) is 33.8. The number of rotatable bonds is 6. The Kier molecular flexibility index (Phi) is 6.26. The maximum Gasteiger partial charge on any atom is 0.416 e. The van der Waals surface area contributed by atoms with E-state index >= 15 is 0 Å². The normalized spacial score (nSPS) is 10.9. The van der Waals surface area contributed by atoms with E-state index in [0.29, 0.717) is 12.1 Å². The smallest absolute Gasteiger partial charge is 0.416 e. The number of hydrogen-bond acceptors (Lipinski definition) is 7. The van der Waals surface area contributed by atoms with Crippen LogP contribution in [0.4, 0.5) is 24.5 Å². The minimum Gasteiger partial charge on any atom is -0.504 e. The van der Waals surface area contributed by atoms with Gasteiger partial charge in [-0.15, -0.1) is 0 Å². The molecule has 2 aromatic rings. The van der Waals surface area contributed by atoms with Gasteiger partial charge in [0.05, 0.1) is 17.6 Å². The molecule has 2 aromatic carbocycles. The summed E-state index contributed by atoms with van der Waals surface area (Å²) in [5, 5.41) is 22.9. The number of esters is 1. The first kappa shape index (κ1) is 21.5. The number of phenolic OH excluding ortho intramolecular Hbond substituents is 1. The number of nitrogens with one attached hydrogen (secondary N) is 1. The summed E-state index contributed by atoms with van der Waals surface area (Å²) in [5.74, 6) is -2.65. The molecule has 2 N–H and O–H groups in total. The van der Waals surface area contributed by atoms with Gasteiger partial charge in [-0.05, 0) is 24.3 Å². The molecule has 0 unspecified atom stereocenters. The van der Waals surface area contributed by atoms with Crippen LogP contribution in [0.1, 0.15) is 15.9 Å². The van der Waals surface area contributed by atoms with Crippen molar-refractivity contribution in [3.8, 4) is 11.5 Å². The minimum absolute atomic E-state index is 0.00993. The van der Waals surface area contributed by atoms with Gasteiger partial charge in [0, 0.05) is 6.07 Å². The molecule has 0 bridgehead atoms. The molecule has 0 spiro atoms. The van der Waals surface area contributed by atoms with Gasteiger partial charge in [-0.1, -0.05) is 6.07 Å². The zero-order chi connectivity index (χ0) is 21.8. The number of hydrogen-bond donors (Lipinski definition) is 2. The van der Waals surface area contributed by atoms with E-state index < -0.39 is 52.3 Å². The van der Waals surface area contributed by atoms with E-state index in [1.807, 2.05) is 5.32 Å². The van der Waals surface area contributed by atoms with Crippen LogP contribution in [0.25, 0.3) is 0 Å². The third kappa shape index (κ3) is 5.12. The van der Waals surface area contributed by atoms with Crippen LogP contribution in [0.15, 0.2) is 36.4 Å². The molecule has 0 aliphatic heterocycles. The lowest BCUT2D eigenvalue weighted by Gasteiger charge is -2.11. The SMILES string of the molecule is COc1cccc(C(=O)OCC(=O)Nc2ccc(C(F)(F)F)cc2[N+](=O)[O-])c1O. The van der Waals surface area contributed by atoms with Crippen LogP contribution in [0, 0.1) is 10.1 Å². The third-order valence-electron chi connectivity index (χ3n) is 3.57. The molecule has 154 valence electrons. The first-order valence-corrected chi connectivity index (χ1v) is 7.73. The summed E-state index contributed by atoms with van der Waals surface area (Å²) in [6.07, 6.45) is -4.80. The predicted octanol–water partition coefficient (Wildman–Crippen LogP) is 3.12. The monoisotopic (exact) mass is 414 g/mol. The van der Waals surface area contributed by atoms with Crippen molar-refractivity contribution in [1.29, 1.82) is 0 Å². The number of nitro benzene ring substituents is 1. The van der Waals surface area contributed by atoms with Crippen molar-refractivity contribution in [2.45, 2.75) is 6.18 Å². The molecule has 1 amide bonds. The highest BCUT2D eigenvalue weighted by Crippen LogP contribution is 2.35. The maximum atomic E-state index is 12.7. The molecule has 0 radical (unpaired) electrons. The topological polar surface area (TPSA) is 128 Å². The van der Waals surface area contributed by atoms with Gasteiger partial charge in [0.1, 0.15) is 11.3 Å². The number of benzene rings is 2. The highest BCUT2D eigenvalue weighted by molar-refractivity contribution is 5.98. The number of phenols is 1. The highest BCUT2D eigenvalue weighted by Gasteiger charge is 2.33. The predicted molar refractivity (Wildman–Crippen MR) is 91.7 cm³/mol. The number of halogens is 3. The van der Waals surface area contributed by atoms with Crippen LogP contribution in [-0.4, -0.2) is 35.6 Å². The molecule has 0 aliphatic carbocycles. The molecule has 0 fully saturated rings. The molecular weight excluding hydrogens is 401 g/mol. The van der Waals surface area contributed by atoms with Crippen LogP contribution in [0.2, 0.25) is 0 Å². The van der Waals surface area contributed by atoms with Crippen LogP contribution < -0.4 is 10.1 Å². The molecule has 0 saturated heterocycles. The van der Waals surface area contributed by atoms with Crippen LogP contribution in [0.5, 0.6) is 11.5 Å². The molecule has 0 aromatic heterocycles. The molecule has 0 heterocycles. The number of para-hydroxylation sites is 1. The number of amides is 1. The number of carbonyl (C=O) groups is 2. The van der Waals surface area contributed by atoms with E-state index in [2.05, 4.69) is 0 Å². The Hall–Kier alpha value is -3.83. The van der Waals surface area contributed by atoms with E-state index in [0.717, 1.165) is 0 Å². The summed E-state index contributed by atoms with van der Waals surface area (Å²) >= 11 is 0. The van der Waals surface area contributed by atoms with Crippen molar-refractivity contribution < 1.29 is 42.3 Å². The molecular formula is C17H13F3N2O7. The van der Waals surface area contributed by atoms with Gasteiger partial charge in [0.25, 0.3) is 11.6 Å². The Morgan fingerprint density at radius 2 is 1.93 bits per heavy atom. The van der Waals surface area contributed by atoms with E-state index in [1.165, 1.54) is 25.3 Å². The Morgan fingerprint density at radius 1 is 1.24 bits per heavy atom. The number of anilines is 1. The second kappa shape index (κ2) is 8.46. The lowest BCUT2D eigenvalue weighted by atomic mass is 10.1. The van der Waals surface area contributed by atoms with E-state index in [9.17, 15) is 38.0 Å². The fourth-order valence-corrected chi connectivity index (χ4v) is 2.21. The van der Waals surface area contributed by atoms with E-state index in [-0.39, 0.29) is 17.4 Å². The fraction of sp³-hybridized carbons (Fsp3) is 0.176. The Bertz CT molecular complexity index is 961. The van der Waals surface area contributed by atoms with Gasteiger partial charge >= 0.3 is 12.1 Å². The quantitative estimate of drug-likeness (QED) is 0.422. The first-order chi connectivity index (χ1) is 13.5. The lowest BCUT2D eigenvalue weighted by Crippen LogP contribution is -2.21. The van der Waals surface area contributed by atoms with Crippen molar-refractivity contribution in [3.05, 3.63) is 57.6 Å². The van der Waals surface area contributed by atoms with Gasteiger partial charge in [0.15, 0.2) is 18.1 Å². The third-order valence-corrected chi connectivity index (χ3v) is 3.57. The molecule has 0 saturated carbocycles. The summed E-state index contributed by atoms with van der Waals surface area (Å²) in [6, 6.07) is 5.52. The van der Waals surface area contributed by atoms with E-state index in [1.54, 1.807) is 0 Å². The second-order valence-corrected chi connectivity index (χ2v) is 5.47. The number of nitro groups is 1.